The number of rotatable bonds is 7. The monoisotopic (exact) mass is 355 g/mol. The molecule has 2 aliphatic rings. The van der Waals surface area contributed by atoms with E-state index in [0.29, 0.717) is 42.4 Å². The van der Waals surface area contributed by atoms with Gasteiger partial charge in [-0.25, -0.2) is 4.39 Å². The van der Waals surface area contributed by atoms with E-state index in [1.165, 1.54) is 12.6 Å². The Morgan fingerprint density at radius 1 is 1.38 bits per heavy atom. The fraction of sp³-hybridized carbons (Fsp3) is 0.450. The molecule has 5 nitrogen and oxygen atoms in total. The molecule has 1 aliphatic heterocycles. The Bertz CT molecular complexity index is 762. The molecule has 1 unspecified atom stereocenters. The molecule has 0 radical (unpaired) electrons. The number of aliphatic imine (C=N–C) groups is 2. The van der Waals surface area contributed by atoms with Crippen LogP contribution in [0, 0.1) is 11.2 Å². The number of halogens is 1. The summed E-state index contributed by atoms with van der Waals surface area (Å²) in [5.74, 6) is 0.648. The van der Waals surface area contributed by atoms with Crippen molar-refractivity contribution in [1.82, 2.24) is 5.32 Å². The third kappa shape index (κ3) is 4.00. The van der Waals surface area contributed by atoms with Crippen LogP contribution in [0.1, 0.15) is 54.3 Å². The molecule has 1 fully saturated rings. The minimum atomic E-state index is -0.319. The van der Waals surface area contributed by atoms with Crippen molar-refractivity contribution < 1.29 is 4.39 Å². The Morgan fingerprint density at radius 3 is 2.77 bits per heavy atom. The highest BCUT2D eigenvalue weighted by atomic mass is 19.1. The van der Waals surface area contributed by atoms with Gasteiger partial charge in [0, 0.05) is 18.3 Å². The maximum Gasteiger partial charge on any atom is 0.136 e. The van der Waals surface area contributed by atoms with Crippen molar-refractivity contribution in [2.45, 2.75) is 44.1 Å². The van der Waals surface area contributed by atoms with E-state index in [1.54, 1.807) is 19.3 Å². The molecular weight excluding hydrogens is 329 g/mol. The van der Waals surface area contributed by atoms with E-state index < -0.39 is 0 Å². The minimum Gasteiger partial charge on any atom is -0.394 e. The molecule has 1 aliphatic carbocycles. The van der Waals surface area contributed by atoms with E-state index in [1.807, 2.05) is 6.07 Å². The first kappa shape index (κ1) is 18.3. The summed E-state index contributed by atoms with van der Waals surface area (Å²) in [4.78, 5) is 8.52. The molecule has 1 heterocycles. The fourth-order valence-electron chi connectivity index (χ4n) is 3.42. The van der Waals surface area contributed by atoms with E-state index in [4.69, 9.17) is 11.1 Å². The van der Waals surface area contributed by atoms with Crippen molar-refractivity contribution in [1.29, 1.82) is 5.41 Å². The number of nitrogens with two attached hydrogens (primary N) is 1. The van der Waals surface area contributed by atoms with Crippen LogP contribution in [0.4, 0.5) is 4.39 Å². The second kappa shape index (κ2) is 8.25. The summed E-state index contributed by atoms with van der Waals surface area (Å²) in [5.41, 5.74) is 8.53. The Morgan fingerprint density at radius 2 is 2.15 bits per heavy atom. The maximum absolute atomic E-state index is 15.4. The molecule has 3 rings (SSSR count). The molecule has 138 valence electrons. The van der Waals surface area contributed by atoms with E-state index in [9.17, 15) is 0 Å². The first-order valence-electron chi connectivity index (χ1n) is 9.15. The SMILES string of the molecule is CN/C=C\C(=N)CCc1c(C2CCC2)ccc(C2CN=C(N)C=N2)c1F. The lowest BCUT2D eigenvalue weighted by atomic mass is 9.76. The first-order chi connectivity index (χ1) is 12.6. The van der Waals surface area contributed by atoms with Gasteiger partial charge < -0.3 is 16.5 Å². The zero-order chi connectivity index (χ0) is 18.5. The molecule has 0 aromatic heterocycles. The minimum absolute atomic E-state index is 0.183. The Balaban J connectivity index is 1.86. The van der Waals surface area contributed by atoms with Gasteiger partial charge in [-0.05, 0) is 55.0 Å². The Labute approximate surface area is 153 Å². The van der Waals surface area contributed by atoms with Gasteiger partial charge in [-0.1, -0.05) is 18.6 Å². The summed E-state index contributed by atoms with van der Waals surface area (Å²) in [6.07, 6.45) is 9.42. The molecular formula is C20H26FN5. The highest BCUT2D eigenvalue weighted by Crippen LogP contribution is 2.40. The van der Waals surface area contributed by atoms with Crippen molar-refractivity contribution >= 4 is 17.8 Å². The highest BCUT2D eigenvalue weighted by molar-refractivity contribution is 6.29. The summed E-state index contributed by atoms with van der Waals surface area (Å²) in [6.45, 7) is 0.377. The van der Waals surface area contributed by atoms with Crippen molar-refractivity contribution in [3.63, 3.8) is 0 Å². The first-order valence-corrected chi connectivity index (χ1v) is 9.15. The van der Waals surface area contributed by atoms with Crippen LogP contribution < -0.4 is 11.1 Å². The number of benzene rings is 1. The van der Waals surface area contributed by atoms with Crippen molar-refractivity contribution in [3.8, 4) is 0 Å². The summed E-state index contributed by atoms with van der Waals surface area (Å²) < 4.78 is 15.4. The number of allylic oxidation sites excluding steroid dienone is 1. The predicted octanol–water partition coefficient (Wildman–Crippen LogP) is 3.26. The summed E-state index contributed by atoms with van der Waals surface area (Å²) >= 11 is 0. The van der Waals surface area contributed by atoms with Gasteiger partial charge in [0.25, 0.3) is 0 Å². The van der Waals surface area contributed by atoms with Gasteiger partial charge in [0.15, 0.2) is 0 Å². The van der Waals surface area contributed by atoms with Crippen molar-refractivity contribution in [2.24, 2.45) is 15.7 Å². The van der Waals surface area contributed by atoms with Crippen LogP contribution in [0.5, 0.6) is 0 Å². The Kier molecular flexibility index (Phi) is 5.81. The molecule has 4 N–H and O–H groups in total. The van der Waals surface area contributed by atoms with Crippen LogP contribution in [0.25, 0.3) is 0 Å². The van der Waals surface area contributed by atoms with Crippen molar-refractivity contribution in [3.05, 3.63) is 46.9 Å². The zero-order valence-corrected chi connectivity index (χ0v) is 15.1. The van der Waals surface area contributed by atoms with Gasteiger partial charge in [-0.15, -0.1) is 0 Å². The number of nitrogens with zero attached hydrogens (tertiary/aromatic N) is 2. The molecule has 1 aromatic carbocycles. The zero-order valence-electron chi connectivity index (χ0n) is 15.1. The van der Waals surface area contributed by atoms with E-state index in [-0.39, 0.29) is 11.9 Å². The van der Waals surface area contributed by atoms with Crippen LogP contribution in [-0.4, -0.2) is 31.4 Å². The summed E-state index contributed by atoms with van der Waals surface area (Å²) in [6, 6.07) is 3.60. The third-order valence-corrected chi connectivity index (χ3v) is 5.14. The third-order valence-electron chi connectivity index (χ3n) is 5.14. The quantitative estimate of drug-likeness (QED) is 0.656. The van der Waals surface area contributed by atoms with Gasteiger partial charge in [-0.3, -0.25) is 9.98 Å². The summed E-state index contributed by atoms with van der Waals surface area (Å²) in [5, 5.41) is 10.9. The van der Waals surface area contributed by atoms with Crippen LogP contribution in [0.15, 0.2) is 34.4 Å². The lowest BCUT2D eigenvalue weighted by Gasteiger charge is -2.29. The van der Waals surface area contributed by atoms with Crippen LogP contribution >= 0.6 is 0 Å². The number of nitrogens with one attached hydrogen (secondary N) is 2. The van der Waals surface area contributed by atoms with Gasteiger partial charge in [0.1, 0.15) is 11.7 Å². The molecule has 1 atom stereocenters. The molecule has 0 bridgehead atoms. The number of hydrogen-bond donors (Lipinski definition) is 3. The summed E-state index contributed by atoms with van der Waals surface area (Å²) in [7, 11) is 1.79. The largest absolute Gasteiger partial charge is 0.394 e. The van der Waals surface area contributed by atoms with E-state index in [2.05, 4.69) is 21.4 Å². The Hall–Kier alpha value is -2.50. The van der Waals surface area contributed by atoms with E-state index in [0.717, 1.165) is 24.0 Å². The van der Waals surface area contributed by atoms with E-state index >= 15 is 4.39 Å². The molecule has 0 saturated heterocycles. The second-order valence-electron chi connectivity index (χ2n) is 6.87. The number of hydrogen-bond acceptors (Lipinski definition) is 5. The highest BCUT2D eigenvalue weighted by Gasteiger charge is 2.27. The topological polar surface area (TPSA) is 86.6 Å². The van der Waals surface area contributed by atoms with Gasteiger partial charge in [0.2, 0.25) is 0 Å². The average molecular weight is 355 g/mol. The molecule has 1 aromatic rings. The van der Waals surface area contributed by atoms with Crippen LogP contribution in [0.3, 0.4) is 0 Å². The molecule has 0 spiro atoms. The average Bonchev–Trinajstić information content (AvgIpc) is 2.59. The van der Waals surface area contributed by atoms with Gasteiger partial charge in [0.05, 0.1) is 18.8 Å². The maximum atomic E-state index is 15.4. The molecule has 0 amide bonds. The smallest absolute Gasteiger partial charge is 0.136 e. The van der Waals surface area contributed by atoms with Crippen LogP contribution in [-0.2, 0) is 6.42 Å². The molecule has 26 heavy (non-hydrogen) atoms. The lowest BCUT2D eigenvalue weighted by molar-refractivity contribution is 0.413. The van der Waals surface area contributed by atoms with Crippen molar-refractivity contribution in [2.75, 3.05) is 13.6 Å². The second-order valence-corrected chi connectivity index (χ2v) is 6.87. The standard InChI is InChI=1S/C20H26FN5/c1-24-10-9-14(22)5-6-16-15(13-3-2-4-13)7-8-17(20(16)21)18-11-26-19(23)12-25-18/h7-10,12-13,18,22,24H,2-6,11H2,1H3,(H2,23,26)/b10-9-,22-14?. The van der Waals surface area contributed by atoms with Gasteiger partial charge in [-0.2, -0.15) is 0 Å². The number of amidine groups is 1. The fourth-order valence-corrected chi connectivity index (χ4v) is 3.42. The normalized spacial score (nSPS) is 20.1. The molecule has 1 saturated carbocycles. The molecule has 6 heteroatoms. The predicted molar refractivity (Wildman–Crippen MR) is 105 cm³/mol. The van der Waals surface area contributed by atoms with Gasteiger partial charge >= 0.3 is 0 Å². The lowest BCUT2D eigenvalue weighted by Crippen LogP contribution is -2.21. The van der Waals surface area contributed by atoms with Crippen LogP contribution in [0.2, 0.25) is 0 Å².